The highest BCUT2D eigenvalue weighted by atomic mass is 19.1. The molecule has 0 saturated carbocycles. The number of nitrogens with one attached hydrogen (secondary N) is 2. The molecule has 0 radical (unpaired) electrons. The van der Waals surface area contributed by atoms with Crippen LogP contribution in [0.25, 0.3) is 11.0 Å². The van der Waals surface area contributed by atoms with Crippen LogP contribution in [0.15, 0.2) is 41.2 Å². The molecule has 8 heteroatoms. The highest BCUT2D eigenvalue weighted by Crippen LogP contribution is 2.18. The topological polar surface area (TPSA) is 74.8 Å². The molecule has 3 rings (SSSR count). The van der Waals surface area contributed by atoms with Crippen LogP contribution in [0.3, 0.4) is 0 Å². The van der Waals surface area contributed by atoms with Crippen LogP contribution >= 0.6 is 0 Å². The zero-order valence-electron chi connectivity index (χ0n) is 13.6. The lowest BCUT2D eigenvalue weighted by molar-refractivity contribution is -0.121. The number of halogens is 3. The fraction of sp³-hybridized carbons (Fsp3) is 0.167. The number of aromatic nitrogens is 2. The Morgan fingerprint density at radius 2 is 1.96 bits per heavy atom. The van der Waals surface area contributed by atoms with E-state index in [1.165, 1.54) is 25.1 Å². The number of carbonyl (C=O) groups excluding carboxylic acids is 1. The van der Waals surface area contributed by atoms with Crippen molar-refractivity contribution in [2.24, 2.45) is 0 Å². The molecule has 0 aliphatic carbocycles. The predicted octanol–water partition coefficient (Wildman–Crippen LogP) is 2.76. The van der Waals surface area contributed by atoms with Crippen LogP contribution in [-0.2, 0) is 11.2 Å². The maximum absolute atomic E-state index is 13.8. The number of rotatable bonds is 4. The number of benzene rings is 1. The summed E-state index contributed by atoms with van der Waals surface area (Å²) in [6, 6.07) is 6.16. The number of pyridine rings is 2. The molecule has 0 spiro atoms. The van der Waals surface area contributed by atoms with Gasteiger partial charge >= 0.3 is 0 Å². The van der Waals surface area contributed by atoms with E-state index in [0.29, 0.717) is 5.52 Å². The Labute approximate surface area is 145 Å². The SMILES string of the molecule is C[C@H](NC(=O)Cc1cc2nc(F)ccc2[nH]c1=O)c1ccc(F)cc1F. The van der Waals surface area contributed by atoms with E-state index in [2.05, 4.69) is 15.3 Å². The molecular formula is C18H14F3N3O2. The van der Waals surface area contributed by atoms with Crippen molar-refractivity contribution in [2.75, 3.05) is 0 Å². The van der Waals surface area contributed by atoms with Crippen LogP contribution in [0.4, 0.5) is 13.2 Å². The number of carbonyl (C=O) groups is 1. The summed E-state index contributed by atoms with van der Waals surface area (Å²) in [5.74, 6) is -2.74. The predicted molar refractivity (Wildman–Crippen MR) is 88.9 cm³/mol. The van der Waals surface area contributed by atoms with Crippen LogP contribution in [0.5, 0.6) is 0 Å². The minimum absolute atomic E-state index is 0.0971. The number of hydrogen-bond donors (Lipinski definition) is 2. The minimum atomic E-state index is -0.777. The summed E-state index contributed by atoms with van der Waals surface area (Å²) in [7, 11) is 0. The van der Waals surface area contributed by atoms with Gasteiger partial charge in [-0.25, -0.2) is 13.8 Å². The molecule has 1 amide bonds. The van der Waals surface area contributed by atoms with Crippen LogP contribution in [-0.4, -0.2) is 15.9 Å². The third-order valence-electron chi connectivity index (χ3n) is 3.90. The standard InChI is InChI=1S/C18H14F3N3O2/c1-9(12-3-2-11(19)8-13(12)20)22-17(25)7-10-6-15-14(24-18(10)26)4-5-16(21)23-15/h2-6,8-9H,7H2,1H3,(H,22,25)(H,24,26)/t9-/m0/s1. The van der Waals surface area contributed by atoms with Crippen molar-refractivity contribution in [3.8, 4) is 0 Å². The molecule has 2 heterocycles. The first kappa shape index (κ1) is 17.7. The van der Waals surface area contributed by atoms with E-state index >= 15 is 0 Å². The first-order valence-corrected chi connectivity index (χ1v) is 7.76. The van der Waals surface area contributed by atoms with E-state index in [9.17, 15) is 22.8 Å². The molecule has 0 saturated heterocycles. The smallest absolute Gasteiger partial charge is 0.252 e. The van der Waals surface area contributed by atoms with E-state index in [1.807, 2.05) is 0 Å². The molecule has 134 valence electrons. The van der Waals surface area contributed by atoms with Gasteiger partial charge in [-0.1, -0.05) is 6.07 Å². The Morgan fingerprint density at radius 3 is 2.69 bits per heavy atom. The number of amides is 1. The van der Waals surface area contributed by atoms with Crippen molar-refractivity contribution in [1.82, 2.24) is 15.3 Å². The van der Waals surface area contributed by atoms with Crippen LogP contribution in [0, 0.1) is 17.6 Å². The van der Waals surface area contributed by atoms with Gasteiger partial charge in [0, 0.05) is 17.2 Å². The molecule has 0 fully saturated rings. The summed E-state index contributed by atoms with van der Waals surface area (Å²) in [4.78, 5) is 30.4. The first-order valence-electron chi connectivity index (χ1n) is 7.76. The number of aromatic amines is 1. The number of fused-ring (bicyclic) bond motifs is 1. The van der Waals surface area contributed by atoms with Crippen molar-refractivity contribution in [1.29, 1.82) is 0 Å². The zero-order valence-corrected chi connectivity index (χ0v) is 13.6. The van der Waals surface area contributed by atoms with Gasteiger partial charge < -0.3 is 10.3 Å². The molecule has 0 aliphatic rings. The summed E-state index contributed by atoms with van der Waals surface area (Å²) in [6.45, 7) is 1.54. The first-order chi connectivity index (χ1) is 12.3. The average Bonchev–Trinajstić information content (AvgIpc) is 2.55. The monoisotopic (exact) mass is 361 g/mol. The zero-order chi connectivity index (χ0) is 18.8. The maximum Gasteiger partial charge on any atom is 0.252 e. The Morgan fingerprint density at radius 1 is 1.19 bits per heavy atom. The molecule has 3 aromatic rings. The van der Waals surface area contributed by atoms with Gasteiger partial charge in [0.05, 0.1) is 23.5 Å². The molecule has 0 aliphatic heterocycles. The van der Waals surface area contributed by atoms with Crippen molar-refractivity contribution < 1.29 is 18.0 Å². The summed E-state index contributed by atoms with van der Waals surface area (Å²) >= 11 is 0. The van der Waals surface area contributed by atoms with Crippen molar-refractivity contribution in [3.05, 3.63) is 75.5 Å². The van der Waals surface area contributed by atoms with E-state index in [1.54, 1.807) is 0 Å². The summed E-state index contributed by atoms with van der Waals surface area (Å²) in [5, 5.41) is 2.54. The molecule has 0 bridgehead atoms. The molecule has 2 N–H and O–H groups in total. The fourth-order valence-corrected chi connectivity index (χ4v) is 2.63. The quantitative estimate of drug-likeness (QED) is 0.702. The second-order valence-electron chi connectivity index (χ2n) is 5.82. The van der Waals surface area contributed by atoms with Crippen LogP contribution in [0.1, 0.15) is 24.1 Å². The lowest BCUT2D eigenvalue weighted by Gasteiger charge is -2.15. The second-order valence-corrected chi connectivity index (χ2v) is 5.82. The number of hydrogen-bond acceptors (Lipinski definition) is 3. The Bertz CT molecular complexity index is 1050. The molecule has 0 unspecified atom stereocenters. The van der Waals surface area contributed by atoms with Gasteiger partial charge in [-0.2, -0.15) is 4.39 Å². The lowest BCUT2D eigenvalue weighted by atomic mass is 10.1. The highest BCUT2D eigenvalue weighted by molar-refractivity contribution is 5.81. The van der Waals surface area contributed by atoms with E-state index in [-0.39, 0.29) is 23.1 Å². The third kappa shape index (κ3) is 3.74. The van der Waals surface area contributed by atoms with Crippen molar-refractivity contribution in [2.45, 2.75) is 19.4 Å². The molecule has 2 aromatic heterocycles. The van der Waals surface area contributed by atoms with Gasteiger partial charge in [0.15, 0.2) is 0 Å². The van der Waals surface area contributed by atoms with E-state index in [0.717, 1.165) is 18.2 Å². The summed E-state index contributed by atoms with van der Waals surface area (Å²) in [5.41, 5.74) is 0.282. The highest BCUT2D eigenvalue weighted by Gasteiger charge is 2.16. The van der Waals surface area contributed by atoms with Gasteiger partial charge in [0.2, 0.25) is 11.9 Å². The average molecular weight is 361 g/mol. The van der Waals surface area contributed by atoms with Crippen LogP contribution in [0.2, 0.25) is 0 Å². The van der Waals surface area contributed by atoms with Crippen molar-refractivity contribution >= 4 is 16.9 Å². The number of H-pyrrole nitrogens is 1. The van der Waals surface area contributed by atoms with Crippen molar-refractivity contribution in [3.63, 3.8) is 0 Å². The van der Waals surface area contributed by atoms with Gasteiger partial charge in [-0.15, -0.1) is 0 Å². The lowest BCUT2D eigenvalue weighted by Crippen LogP contribution is -2.30. The van der Waals surface area contributed by atoms with Crippen LogP contribution < -0.4 is 10.9 Å². The largest absolute Gasteiger partial charge is 0.349 e. The molecular weight excluding hydrogens is 347 g/mol. The Kier molecular flexibility index (Phi) is 4.75. The summed E-state index contributed by atoms with van der Waals surface area (Å²) in [6.07, 6.45) is -0.295. The molecule has 5 nitrogen and oxygen atoms in total. The van der Waals surface area contributed by atoms with Gasteiger partial charge in [-0.05, 0) is 31.2 Å². The molecule has 1 aromatic carbocycles. The molecule has 26 heavy (non-hydrogen) atoms. The minimum Gasteiger partial charge on any atom is -0.349 e. The summed E-state index contributed by atoms with van der Waals surface area (Å²) < 4.78 is 39.9. The Balaban J connectivity index is 1.78. The fourth-order valence-electron chi connectivity index (χ4n) is 2.63. The van der Waals surface area contributed by atoms with Gasteiger partial charge in [0.25, 0.3) is 5.56 Å². The van der Waals surface area contributed by atoms with E-state index in [4.69, 9.17) is 0 Å². The maximum atomic E-state index is 13.8. The van der Waals surface area contributed by atoms with E-state index < -0.39 is 35.1 Å². The normalized spacial score (nSPS) is 12.2. The molecule has 1 atom stereocenters. The third-order valence-corrected chi connectivity index (χ3v) is 3.90. The number of nitrogens with zero attached hydrogens (tertiary/aromatic N) is 1. The Hall–Kier alpha value is -3.16. The second kappa shape index (κ2) is 6.99. The van der Waals surface area contributed by atoms with Gasteiger partial charge in [-0.3, -0.25) is 9.59 Å². The van der Waals surface area contributed by atoms with Gasteiger partial charge in [0.1, 0.15) is 11.6 Å².